The normalized spacial score (nSPS) is 12.1. The highest BCUT2D eigenvalue weighted by Gasteiger charge is 2.16. The Morgan fingerprint density at radius 2 is 2.18 bits per heavy atom. The van der Waals surface area contributed by atoms with Crippen molar-refractivity contribution in [2.75, 3.05) is 6.54 Å². The van der Waals surface area contributed by atoms with Crippen LogP contribution < -0.4 is 5.32 Å². The van der Waals surface area contributed by atoms with E-state index in [0.717, 1.165) is 6.42 Å². The predicted octanol–water partition coefficient (Wildman–Crippen LogP) is 3.81. The van der Waals surface area contributed by atoms with Gasteiger partial charge in [0.25, 0.3) is 0 Å². The predicted molar refractivity (Wildman–Crippen MR) is 90.9 cm³/mol. The first kappa shape index (κ1) is 17.1. The maximum absolute atomic E-state index is 13.0. The molecule has 1 atom stereocenters. The van der Waals surface area contributed by atoms with Gasteiger partial charge < -0.3 is 5.32 Å². The third kappa shape index (κ3) is 4.37. The van der Waals surface area contributed by atoms with Crippen molar-refractivity contribution in [1.82, 2.24) is 15.1 Å². The van der Waals surface area contributed by atoms with Crippen molar-refractivity contribution in [3.63, 3.8) is 0 Å². The van der Waals surface area contributed by atoms with E-state index in [0.29, 0.717) is 20.5 Å². The van der Waals surface area contributed by atoms with Crippen molar-refractivity contribution in [3.8, 4) is 5.69 Å². The molecule has 1 aromatic heterocycles. The molecule has 0 saturated carbocycles. The monoisotopic (exact) mass is 357 g/mol. The van der Waals surface area contributed by atoms with Gasteiger partial charge in [-0.25, -0.2) is 9.07 Å². The number of rotatable bonds is 6. The average Bonchev–Trinajstić information content (AvgIpc) is 2.86. The Morgan fingerprint density at radius 1 is 1.50 bits per heavy atom. The number of amides is 1. The number of nitrogens with zero attached hydrogens (tertiary/aromatic N) is 2. The quantitative estimate of drug-likeness (QED) is 0.631. The molecule has 2 aromatic rings. The molecule has 22 heavy (non-hydrogen) atoms. The van der Waals surface area contributed by atoms with Gasteiger partial charge in [0.05, 0.1) is 10.9 Å². The first-order valence-electron chi connectivity index (χ1n) is 6.81. The van der Waals surface area contributed by atoms with Crippen LogP contribution in [0.2, 0.25) is 0 Å². The summed E-state index contributed by atoms with van der Waals surface area (Å²) < 4.78 is 15.8. The molecule has 8 heteroatoms. The van der Waals surface area contributed by atoms with Gasteiger partial charge in [-0.2, -0.15) is 0 Å². The second-order valence-corrected chi connectivity index (χ2v) is 7.78. The maximum atomic E-state index is 13.0. The van der Waals surface area contributed by atoms with Crippen LogP contribution in [0.3, 0.4) is 0 Å². The van der Waals surface area contributed by atoms with Gasteiger partial charge in [0, 0.05) is 6.54 Å². The highest BCUT2D eigenvalue weighted by atomic mass is 32.2. The zero-order valence-corrected chi connectivity index (χ0v) is 14.7. The van der Waals surface area contributed by atoms with Crippen LogP contribution in [0.15, 0.2) is 28.6 Å². The lowest BCUT2D eigenvalue weighted by Crippen LogP contribution is -2.31. The number of thioether (sulfide) groups is 1. The molecule has 0 spiro atoms. The third-order valence-corrected chi connectivity index (χ3v) is 5.21. The number of hydrogen-bond donors (Lipinski definition) is 1. The summed E-state index contributed by atoms with van der Waals surface area (Å²) in [6.45, 7) is 4.51. The van der Waals surface area contributed by atoms with Crippen LogP contribution in [0.5, 0.6) is 0 Å². The number of carbonyl (C=O) groups is 1. The van der Waals surface area contributed by atoms with Crippen molar-refractivity contribution >= 4 is 41.2 Å². The molecule has 0 saturated heterocycles. The Balaban J connectivity index is 2.11. The minimum Gasteiger partial charge on any atom is -0.355 e. The van der Waals surface area contributed by atoms with E-state index in [4.69, 9.17) is 12.2 Å². The highest BCUT2D eigenvalue weighted by Crippen LogP contribution is 2.27. The van der Waals surface area contributed by atoms with Gasteiger partial charge in [0.15, 0.2) is 8.29 Å². The molecule has 118 valence electrons. The number of benzene rings is 1. The van der Waals surface area contributed by atoms with Gasteiger partial charge in [-0.1, -0.05) is 30.0 Å². The van der Waals surface area contributed by atoms with E-state index < -0.39 is 0 Å². The van der Waals surface area contributed by atoms with E-state index in [1.54, 1.807) is 16.8 Å². The van der Waals surface area contributed by atoms with Gasteiger partial charge in [0.1, 0.15) is 5.82 Å². The van der Waals surface area contributed by atoms with E-state index in [-0.39, 0.29) is 17.0 Å². The second kappa shape index (κ2) is 7.85. The number of hydrogen-bond acceptors (Lipinski definition) is 5. The Morgan fingerprint density at radius 3 is 2.82 bits per heavy atom. The fourth-order valence-corrected chi connectivity index (χ4v) is 4.18. The summed E-state index contributed by atoms with van der Waals surface area (Å²) in [5.41, 5.74) is 0.706. The van der Waals surface area contributed by atoms with Gasteiger partial charge in [-0.15, -0.1) is 5.10 Å². The summed E-state index contributed by atoms with van der Waals surface area (Å²) in [5.74, 6) is -0.317. The molecule has 0 aliphatic rings. The summed E-state index contributed by atoms with van der Waals surface area (Å²) in [5, 5.41) is 7.02. The van der Waals surface area contributed by atoms with Gasteiger partial charge in [-0.3, -0.25) is 4.79 Å². The fourth-order valence-electron chi connectivity index (χ4n) is 1.65. The molecule has 0 radical (unpaired) electrons. The van der Waals surface area contributed by atoms with Crippen molar-refractivity contribution in [2.24, 2.45) is 0 Å². The summed E-state index contributed by atoms with van der Waals surface area (Å²) in [6.07, 6.45) is 0.904. The topological polar surface area (TPSA) is 46.9 Å². The lowest BCUT2D eigenvalue weighted by atomic mass is 10.3. The maximum Gasteiger partial charge on any atom is 0.233 e. The minimum atomic E-state index is -0.304. The molecule has 1 aromatic carbocycles. The van der Waals surface area contributed by atoms with Crippen molar-refractivity contribution in [1.29, 1.82) is 0 Å². The van der Waals surface area contributed by atoms with Gasteiger partial charge in [-0.05, 0) is 49.8 Å². The summed E-state index contributed by atoms with van der Waals surface area (Å²) >= 11 is 8.00. The van der Waals surface area contributed by atoms with Crippen LogP contribution in [-0.4, -0.2) is 27.5 Å². The molecule has 2 rings (SSSR count). The Kier molecular flexibility index (Phi) is 6.10. The lowest BCUT2D eigenvalue weighted by molar-refractivity contribution is -0.120. The molecule has 0 fully saturated rings. The highest BCUT2D eigenvalue weighted by molar-refractivity contribution is 8.02. The van der Waals surface area contributed by atoms with E-state index in [9.17, 15) is 9.18 Å². The molecule has 0 bridgehead atoms. The summed E-state index contributed by atoms with van der Waals surface area (Å²) in [7, 11) is 0. The first-order chi connectivity index (χ1) is 10.5. The summed E-state index contributed by atoms with van der Waals surface area (Å²) in [4.78, 5) is 11.9. The van der Waals surface area contributed by atoms with Crippen LogP contribution in [0, 0.1) is 9.77 Å². The molecule has 1 N–H and O–H groups in total. The smallest absolute Gasteiger partial charge is 0.233 e. The van der Waals surface area contributed by atoms with Crippen molar-refractivity contribution < 1.29 is 9.18 Å². The number of nitrogens with one attached hydrogen (secondary N) is 1. The Bertz CT molecular complexity index is 696. The SMILES string of the molecule is CCCNC(=O)[C@H](C)Sc1nn(-c2ccc(F)cc2)c(=S)s1. The summed E-state index contributed by atoms with van der Waals surface area (Å²) in [6, 6.07) is 5.97. The standard InChI is InChI=1S/C14H16FN3OS3/c1-3-8-16-12(19)9(2)21-13-17-18(14(20)22-13)11-6-4-10(15)5-7-11/h4-7,9H,3,8H2,1-2H3,(H,16,19)/t9-/m0/s1. The van der Waals surface area contributed by atoms with Crippen LogP contribution in [0.25, 0.3) is 5.69 Å². The number of halogens is 1. The van der Waals surface area contributed by atoms with Gasteiger partial charge >= 0.3 is 0 Å². The zero-order chi connectivity index (χ0) is 16.1. The molecular formula is C14H16FN3OS3. The lowest BCUT2D eigenvalue weighted by Gasteiger charge is -2.09. The molecular weight excluding hydrogens is 341 g/mol. The molecule has 0 aliphatic heterocycles. The molecule has 1 amide bonds. The third-order valence-electron chi connectivity index (χ3n) is 2.80. The fraction of sp³-hybridized carbons (Fsp3) is 0.357. The van der Waals surface area contributed by atoms with Crippen LogP contribution in [0.1, 0.15) is 20.3 Å². The molecule has 1 heterocycles. The van der Waals surface area contributed by atoms with E-state index in [1.807, 2.05) is 13.8 Å². The van der Waals surface area contributed by atoms with Gasteiger partial charge in [0.2, 0.25) is 5.91 Å². The van der Waals surface area contributed by atoms with E-state index in [2.05, 4.69) is 10.4 Å². The number of carbonyl (C=O) groups excluding carboxylic acids is 1. The van der Waals surface area contributed by atoms with E-state index >= 15 is 0 Å². The molecule has 0 aliphatic carbocycles. The minimum absolute atomic E-state index is 0.0127. The second-order valence-electron chi connectivity index (χ2n) is 4.57. The van der Waals surface area contributed by atoms with Crippen molar-refractivity contribution in [3.05, 3.63) is 34.0 Å². The molecule has 4 nitrogen and oxygen atoms in total. The number of aromatic nitrogens is 2. The van der Waals surface area contributed by atoms with E-state index in [1.165, 1.54) is 35.2 Å². The Hall–Kier alpha value is -1.25. The average molecular weight is 358 g/mol. The zero-order valence-electron chi connectivity index (χ0n) is 12.2. The Labute approximate surface area is 141 Å². The van der Waals surface area contributed by atoms with Crippen molar-refractivity contribution in [2.45, 2.75) is 29.9 Å². The molecule has 0 unspecified atom stereocenters. The largest absolute Gasteiger partial charge is 0.355 e. The van der Waals surface area contributed by atoms with Crippen LogP contribution in [-0.2, 0) is 4.79 Å². The van der Waals surface area contributed by atoms with Crippen LogP contribution >= 0.6 is 35.3 Å². The first-order valence-corrected chi connectivity index (χ1v) is 8.92. The van der Waals surface area contributed by atoms with Crippen LogP contribution in [0.4, 0.5) is 4.39 Å².